The quantitative estimate of drug-likeness (QED) is 0.635. The van der Waals surface area contributed by atoms with E-state index in [-0.39, 0.29) is 5.91 Å². The van der Waals surface area contributed by atoms with Crippen LogP contribution >= 0.6 is 0 Å². The van der Waals surface area contributed by atoms with E-state index in [1.807, 2.05) is 0 Å². The number of hydrogen-bond donors (Lipinski definition) is 1. The lowest BCUT2D eigenvalue weighted by Crippen LogP contribution is -2.17. The van der Waals surface area contributed by atoms with Crippen LogP contribution in [0.3, 0.4) is 0 Å². The van der Waals surface area contributed by atoms with Gasteiger partial charge in [0.25, 0.3) is 0 Å². The van der Waals surface area contributed by atoms with E-state index in [1.165, 1.54) is 6.92 Å². The fourth-order valence-corrected chi connectivity index (χ4v) is 0.702. The average molecular weight is 141 g/mol. The summed E-state index contributed by atoms with van der Waals surface area (Å²) in [7, 11) is 0. The molecule has 0 aliphatic heterocycles. The first-order valence-corrected chi connectivity index (χ1v) is 3.62. The van der Waals surface area contributed by atoms with Crippen molar-refractivity contribution in [2.45, 2.75) is 33.1 Å². The number of amides is 1. The van der Waals surface area contributed by atoms with Gasteiger partial charge in [-0.25, -0.2) is 0 Å². The van der Waals surface area contributed by atoms with Gasteiger partial charge >= 0.3 is 0 Å². The van der Waals surface area contributed by atoms with E-state index < -0.39 is 0 Å². The van der Waals surface area contributed by atoms with Crippen LogP contribution in [0.15, 0.2) is 12.3 Å². The first-order chi connectivity index (χ1) is 4.66. The predicted molar refractivity (Wildman–Crippen MR) is 42.5 cm³/mol. The second-order valence-electron chi connectivity index (χ2n) is 2.39. The molecule has 0 spiro atoms. The molecule has 10 heavy (non-hydrogen) atoms. The SMILES string of the molecule is C=C(CCCC)NC(C)=O. The van der Waals surface area contributed by atoms with Crippen LogP contribution in [0.2, 0.25) is 0 Å². The van der Waals surface area contributed by atoms with Crippen LogP contribution in [0.1, 0.15) is 33.1 Å². The molecule has 0 aliphatic carbocycles. The molecule has 1 N–H and O–H groups in total. The zero-order valence-electron chi connectivity index (χ0n) is 6.74. The number of carbonyl (C=O) groups is 1. The van der Waals surface area contributed by atoms with Crippen LogP contribution in [0, 0.1) is 0 Å². The Morgan fingerprint density at radius 1 is 1.60 bits per heavy atom. The van der Waals surface area contributed by atoms with Crippen molar-refractivity contribution in [1.29, 1.82) is 0 Å². The Morgan fingerprint density at radius 3 is 2.60 bits per heavy atom. The summed E-state index contributed by atoms with van der Waals surface area (Å²) in [4.78, 5) is 10.4. The maximum atomic E-state index is 10.4. The molecule has 0 saturated carbocycles. The van der Waals surface area contributed by atoms with Crippen molar-refractivity contribution < 1.29 is 4.79 Å². The van der Waals surface area contributed by atoms with Crippen molar-refractivity contribution in [2.75, 3.05) is 0 Å². The molecule has 1 amide bonds. The van der Waals surface area contributed by atoms with Gasteiger partial charge in [0, 0.05) is 12.6 Å². The third kappa shape index (κ3) is 5.35. The maximum Gasteiger partial charge on any atom is 0.220 e. The third-order valence-corrected chi connectivity index (χ3v) is 1.18. The summed E-state index contributed by atoms with van der Waals surface area (Å²) >= 11 is 0. The van der Waals surface area contributed by atoms with Gasteiger partial charge in [0.1, 0.15) is 0 Å². The Labute approximate surface area is 62.3 Å². The number of allylic oxidation sites excluding steroid dienone is 1. The molecule has 0 aliphatic rings. The number of hydrogen-bond acceptors (Lipinski definition) is 1. The highest BCUT2D eigenvalue weighted by Gasteiger charge is 1.94. The predicted octanol–water partition coefficient (Wildman–Crippen LogP) is 1.83. The molecule has 2 heteroatoms. The van der Waals surface area contributed by atoms with E-state index in [4.69, 9.17) is 0 Å². The molecular formula is C8H15NO. The molecule has 0 rings (SSSR count). The highest BCUT2D eigenvalue weighted by atomic mass is 16.1. The largest absolute Gasteiger partial charge is 0.331 e. The standard InChI is InChI=1S/C8H15NO/c1-4-5-6-7(2)9-8(3)10/h2,4-6H2,1,3H3,(H,9,10). The van der Waals surface area contributed by atoms with Crippen LogP contribution in [0.5, 0.6) is 0 Å². The highest BCUT2D eigenvalue weighted by molar-refractivity contribution is 5.74. The van der Waals surface area contributed by atoms with Gasteiger partial charge in [-0.15, -0.1) is 0 Å². The van der Waals surface area contributed by atoms with Crippen molar-refractivity contribution in [3.63, 3.8) is 0 Å². The van der Waals surface area contributed by atoms with Gasteiger partial charge in [-0.3, -0.25) is 4.79 Å². The first kappa shape index (κ1) is 9.21. The summed E-state index contributed by atoms with van der Waals surface area (Å²) in [6.07, 6.45) is 3.13. The summed E-state index contributed by atoms with van der Waals surface area (Å²) in [5, 5.41) is 2.64. The lowest BCUT2D eigenvalue weighted by Gasteiger charge is -2.03. The minimum absolute atomic E-state index is 0.0268. The summed E-state index contributed by atoms with van der Waals surface area (Å²) in [6, 6.07) is 0. The van der Waals surface area contributed by atoms with Gasteiger partial charge in [-0.2, -0.15) is 0 Å². The van der Waals surface area contributed by atoms with E-state index in [9.17, 15) is 4.79 Å². The molecule has 2 nitrogen and oxygen atoms in total. The minimum atomic E-state index is -0.0268. The summed E-state index contributed by atoms with van der Waals surface area (Å²) < 4.78 is 0. The van der Waals surface area contributed by atoms with Gasteiger partial charge in [0.05, 0.1) is 0 Å². The number of unbranched alkanes of at least 4 members (excludes halogenated alkanes) is 1. The van der Waals surface area contributed by atoms with Crippen molar-refractivity contribution in [1.82, 2.24) is 5.32 Å². The Kier molecular flexibility index (Phi) is 4.63. The van der Waals surface area contributed by atoms with Crippen molar-refractivity contribution in [2.24, 2.45) is 0 Å². The Morgan fingerprint density at radius 2 is 2.20 bits per heavy atom. The molecule has 0 aromatic heterocycles. The summed E-state index contributed by atoms with van der Waals surface area (Å²) in [5.41, 5.74) is 0.828. The molecule has 0 fully saturated rings. The molecule has 0 aromatic rings. The molecule has 0 radical (unpaired) electrons. The zero-order chi connectivity index (χ0) is 7.98. The molecule has 0 bridgehead atoms. The van der Waals surface area contributed by atoms with E-state index in [1.54, 1.807) is 0 Å². The number of rotatable bonds is 4. The molecule has 58 valence electrons. The molecular weight excluding hydrogens is 126 g/mol. The van der Waals surface area contributed by atoms with Crippen LogP contribution in [-0.2, 0) is 4.79 Å². The fourth-order valence-electron chi connectivity index (χ4n) is 0.702. The third-order valence-electron chi connectivity index (χ3n) is 1.18. The van der Waals surface area contributed by atoms with Crippen LogP contribution in [-0.4, -0.2) is 5.91 Å². The molecule has 0 saturated heterocycles. The molecule has 0 aromatic carbocycles. The topological polar surface area (TPSA) is 29.1 Å². The maximum absolute atomic E-state index is 10.4. The molecule has 0 heterocycles. The van der Waals surface area contributed by atoms with Gasteiger partial charge < -0.3 is 5.32 Å². The van der Waals surface area contributed by atoms with E-state index in [0.29, 0.717) is 0 Å². The van der Waals surface area contributed by atoms with Crippen LogP contribution < -0.4 is 5.32 Å². The second kappa shape index (κ2) is 5.03. The van der Waals surface area contributed by atoms with E-state index in [2.05, 4.69) is 18.8 Å². The van der Waals surface area contributed by atoms with Crippen molar-refractivity contribution >= 4 is 5.91 Å². The second-order valence-corrected chi connectivity index (χ2v) is 2.39. The Bertz CT molecular complexity index is 129. The lowest BCUT2D eigenvalue weighted by atomic mass is 10.2. The number of nitrogens with one attached hydrogen (secondary N) is 1. The van der Waals surface area contributed by atoms with Crippen molar-refractivity contribution in [3.8, 4) is 0 Å². The normalized spacial score (nSPS) is 9.00. The Balaban J connectivity index is 3.35. The smallest absolute Gasteiger partial charge is 0.220 e. The van der Waals surface area contributed by atoms with Gasteiger partial charge in [-0.05, 0) is 12.8 Å². The highest BCUT2D eigenvalue weighted by Crippen LogP contribution is 2.00. The van der Waals surface area contributed by atoms with E-state index >= 15 is 0 Å². The van der Waals surface area contributed by atoms with Crippen molar-refractivity contribution in [3.05, 3.63) is 12.3 Å². The van der Waals surface area contributed by atoms with E-state index in [0.717, 1.165) is 25.0 Å². The first-order valence-electron chi connectivity index (χ1n) is 3.62. The zero-order valence-corrected chi connectivity index (χ0v) is 6.74. The number of carbonyl (C=O) groups excluding carboxylic acids is 1. The fraction of sp³-hybridized carbons (Fsp3) is 0.625. The van der Waals surface area contributed by atoms with Crippen LogP contribution in [0.25, 0.3) is 0 Å². The van der Waals surface area contributed by atoms with Gasteiger partial charge in [0.2, 0.25) is 5.91 Å². The Hall–Kier alpha value is -0.790. The van der Waals surface area contributed by atoms with Gasteiger partial charge in [0.15, 0.2) is 0 Å². The monoisotopic (exact) mass is 141 g/mol. The average Bonchev–Trinajstić information content (AvgIpc) is 1.82. The molecule has 0 unspecified atom stereocenters. The minimum Gasteiger partial charge on any atom is -0.331 e. The van der Waals surface area contributed by atoms with Gasteiger partial charge in [-0.1, -0.05) is 19.9 Å². The van der Waals surface area contributed by atoms with Crippen LogP contribution in [0.4, 0.5) is 0 Å². The summed E-state index contributed by atoms with van der Waals surface area (Å²) in [5.74, 6) is -0.0268. The summed E-state index contributed by atoms with van der Waals surface area (Å²) in [6.45, 7) is 7.31. The lowest BCUT2D eigenvalue weighted by molar-refractivity contribution is -0.118. The molecule has 0 atom stereocenters.